The van der Waals surface area contributed by atoms with Gasteiger partial charge in [0, 0.05) is 6.04 Å². The second-order valence-electron chi connectivity index (χ2n) is 3.71. The molecule has 0 saturated carbocycles. The van der Waals surface area contributed by atoms with E-state index in [0.29, 0.717) is 6.04 Å². The van der Waals surface area contributed by atoms with Crippen LogP contribution in [0.4, 0.5) is 0 Å². The zero-order valence-corrected chi connectivity index (χ0v) is 8.84. The van der Waals surface area contributed by atoms with Crippen molar-refractivity contribution in [2.45, 2.75) is 25.8 Å². The molecule has 0 amide bonds. The summed E-state index contributed by atoms with van der Waals surface area (Å²) in [6.45, 7) is 3.34. The fraction of sp³-hybridized carbons (Fsp3) is 0.500. The van der Waals surface area contributed by atoms with Gasteiger partial charge in [0.1, 0.15) is 5.75 Å². The molecule has 14 heavy (non-hydrogen) atoms. The molecule has 0 aliphatic carbocycles. The molecule has 1 aromatic rings. The van der Waals surface area contributed by atoms with Gasteiger partial charge in [0.15, 0.2) is 0 Å². The molecule has 1 N–H and O–H groups in total. The molecule has 1 aliphatic heterocycles. The maximum Gasteiger partial charge on any atom is 0.119 e. The van der Waals surface area contributed by atoms with Crippen LogP contribution in [0.2, 0.25) is 0 Å². The highest BCUT2D eigenvalue weighted by atomic mass is 16.5. The first-order chi connectivity index (χ1) is 6.85. The van der Waals surface area contributed by atoms with Gasteiger partial charge in [-0.3, -0.25) is 0 Å². The summed E-state index contributed by atoms with van der Waals surface area (Å²) in [5, 5.41) is 3.43. The summed E-state index contributed by atoms with van der Waals surface area (Å²) < 4.78 is 5.25. The van der Waals surface area contributed by atoms with Crippen molar-refractivity contribution in [3.05, 3.63) is 29.3 Å². The lowest BCUT2D eigenvalue weighted by atomic mass is 9.92. The minimum absolute atomic E-state index is 0.556. The van der Waals surface area contributed by atoms with Crippen molar-refractivity contribution in [3.8, 4) is 5.75 Å². The van der Waals surface area contributed by atoms with Gasteiger partial charge >= 0.3 is 0 Å². The average molecular weight is 191 g/mol. The third-order valence-electron chi connectivity index (χ3n) is 2.93. The Morgan fingerprint density at radius 3 is 2.79 bits per heavy atom. The van der Waals surface area contributed by atoms with Crippen molar-refractivity contribution >= 4 is 0 Å². The van der Waals surface area contributed by atoms with Gasteiger partial charge in [-0.25, -0.2) is 0 Å². The molecule has 1 fully saturated rings. The largest absolute Gasteiger partial charge is 0.497 e. The Hall–Kier alpha value is -1.02. The van der Waals surface area contributed by atoms with Gasteiger partial charge < -0.3 is 10.1 Å². The second kappa shape index (κ2) is 4.01. The molecule has 1 aromatic carbocycles. The fourth-order valence-corrected chi connectivity index (χ4v) is 1.90. The monoisotopic (exact) mass is 191 g/mol. The minimum Gasteiger partial charge on any atom is -0.497 e. The Kier molecular flexibility index (Phi) is 2.73. The predicted octanol–water partition coefficient (Wildman–Crippen LogP) is 2.29. The molecule has 0 spiro atoms. The summed E-state index contributed by atoms with van der Waals surface area (Å²) >= 11 is 0. The van der Waals surface area contributed by atoms with Crippen molar-refractivity contribution in [1.29, 1.82) is 0 Å². The number of ether oxygens (including phenoxy) is 1. The highest BCUT2D eigenvalue weighted by Crippen LogP contribution is 2.29. The number of rotatable bonds is 3. The molecule has 2 rings (SSSR count). The van der Waals surface area contributed by atoms with Crippen molar-refractivity contribution in [2.75, 3.05) is 13.7 Å². The predicted molar refractivity (Wildman–Crippen MR) is 57.7 cm³/mol. The lowest BCUT2D eigenvalue weighted by Gasteiger charge is -2.30. The van der Waals surface area contributed by atoms with E-state index < -0.39 is 0 Å². The van der Waals surface area contributed by atoms with E-state index in [0.717, 1.165) is 18.7 Å². The highest BCUT2D eigenvalue weighted by molar-refractivity contribution is 5.38. The van der Waals surface area contributed by atoms with E-state index in [-0.39, 0.29) is 0 Å². The van der Waals surface area contributed by atoms with E-state index in [9.17, 15) is 0 Å². The van der Waals surface area contributed by atoms with E-state index in [1.165, 1.54) is 17.5 Å². The molecule has 76 valence electrons. The Morgan fingerprint density at radius 2 is 2.29 bits per heavy atom. The Labute approximate surface area is 85.3 Å². The van der Waals surface area contributed by atoms with E-state index in [1.807, 2.05) is 6.07 Å². The molecule has 1 heterocycles. The van der Waals surface area contributed by atoms with Gasteiger partial charge in [0.2, 0.25) is 0 Å². The Balaban J connectivity index is 2.31. The molecule has 0 unspecified atom stereocenters. The van der Waals surface area contributed by atoms with Crippen molar-refractivity contribution in [1.82, 2.24) is 5.32 Å². The molecular weight excluding hydrogens is 174 g/mol. The van der Waals surface area contributed by atoms with Crippen LogP contribution in [0.25, 0.3) is 0 Å². The van der Waals surface area contributed by atoms with Crippen LogP contribution in [-0.2, 0) is 6.42 Å². The molecule has 1 atom stereocenters. The van der Waals surface area contributed by atoms with Gasteiger partial charge in [0.05, 0.1) is 7.11 Å². The number of aryl methyl sites for hydroxylation is 1. The second-order valence-corrected chi connectivity index (χ2v) is 3.71. The minimum atomic E-state index is 0.556. The zero-order valence-electron chi connectivity index (χ0n) is 8.84. The molecule has 0 aromatic heterocycles. The van der Waals surface area contributed by atoms with Crippen molar-refractivity contribution < 1.29 is 4.74 Å². The standard InChI is InChI=1S/C12H17NO/c1-3-9-4-5-10(14-2)8-11(9)12-6-7-13-12/h4-5,8,12-13H,3,6-7H2,1-2H3/t12-/m0/s1. The quantitative estimate of drug-likeness (QED) is 0.791. The van der Waals surface area contributed by atoms with Crippen LogP contribution in [0.15, 0.2) is 18.2 Å². The first kappa shape index (κ1) is 9.53. The molecule has 0 bridgehead atoms. The number of hydrogen-bond acceptors (Lipinski definition) is 2. The van der Waals surface area contributed by atoms with E-state index in [1.54, 1.807) is 7.11 Å². The Bertz CT molecular complexity index is 318. The molecule has 2 heteroatoms. The van der Waals surface area contributed by atoms with Gasteiger partial charge in [-0.2, -0.15) is 0 Å². The average Bonchev–Trinajstić information content (AvgIpc) is 2.15. The van der Waals surface area contributed by atoms with Crippen LogP contribution < -0.4 is 10.1 Å². The molecule has 0 radical (unpaired) electrons. The smallest absolute Gasteiger partial charge is 0.119 e. The van der Waals surface area contributed by atoms with Crippen molar-refractivity contribution in [2.24, 2.45) is 0 Å². The van der Waals surface area contributed by atoms with Gasteiger partial charge in [0.25, 0.3) is 0 Å². The van der Waals surface area contributed by atoms with Crippen molar-refractivity contribution in [3.63, 3.8) is 0 Å². The van der Waals surface area contributed by atoms with Gasteiger partial charge in [-0.15, -0.1) is 0 Å². The van der Waals surface area contributed by atoms with Gasteiger partial charge in [-0.05, 0) is 42.6 Å². The third kappa shape index (κ3) is 1.62. The molecule has 1 saturated heterocycles. The van der Waals surface area contributed by atoms with E-state index in [2.05, 4.69) is 24.4 Å². The van der Waals surface area contributed by atoms with Crippen LogP contribution in [0.5, 0.6) is 5.75 Å². The van der Waals surface area contributed by atoms with Crippen LogP contribution >= 0.6 is 0 Å². The fourth-order valence-electron chi connectivity index (χ4n) is 1.90. The van der Waals surface area contributed by atoms with E-state index >= 15 is 0 Å². The highest BCUT2D eigenvalue weighted by Gasteiger charge is 2.21. The van der Waals surface area contributed by atoms with Crippen LogP contribution in [0, 0.1) is 0 Å². The first-order valence-electron chi connectivity index (χ1n) is 5.25. The number of nitrogens with one attached hydrogen (secondary N) is 1. The normalized spacial score (nSPS) is 20.3. The number of methoxy groups -OCH3 is 1. The lowest BCUT2D eigenvalue weighted by molar-refractivity contribution is 0.375. The van der Waals surface area contributed by atoms with Crippen LogP contribution in [0.1, 0.15) is 30.5 Å². The summed E-state index contributed by atoms with van der Waals surface area (Å²) in [6, 6.07) is 6.94. The zero-order chi connectivity index (χ0) is 9.97. The lowest BCUT2D eigenvalue weighted by Crippen LogP contribution is -2.35. The maximum absolute atomic E-state index is 5.25. The molecule has 1 aliphatic rings. The number of benzene rings is 1. The van der Waals surface area contributed by atoms with Crippen LogP contribution in [-0.4, -0.2) is 13.7 Å². The molecule has 2 nitrogen and oxygen atoms in total. The SMILES string of the molecule is CCc1ccc(OC)cc1[C@@H]1CCN1. The summed E-state index contributed by atoms with van der Waals surface area (Å²) in [4.78, 5) is 0. The maximum atomic E-state index is 5.25. The summed E-state index contributed by atoms with van der Waals surface area (Å²) in [5.41, 5.74) is 2.85. The van der Waals surface area contributed by atoms with Gasteiger partial charge in [-0.1, -0.05) is 13.0 Å². The third-order valence-corrected chi connectivity index (χ3v) is 2.93. The summed E-state index contributed by atoms with van der Waals surface area (Å²) in [6.07, 6.45) is 2.34. The first-order valence-corrected chi connectivity index (χ1v) is 5.25. The van der Waals surface area contributed by atoms with E-state index in [4.69, 9.17) is 4.74 Å². The molecular formula is C12H17NO. The number of hydrogen-bond donors (Lipinski definition) is 1. The summed E-state index contributed by atoms with van der Waals surface area (Å²) in [7, 11) is 1.72. The Morgan fingerprint density at radius 1 is 1.50 bits per heavy atom. The summed E-state index contributed by atoms with van der Waals surface area (Å²) in [5.74, 6) is 0.964. The van der Waals surface area contributed by atoms with Crippen LogP contribution in [0.3, 0.4) is 0 Å². The topological polar surface area (TPSA) is 21.3 Å².